The van der Waals surface area contributed by atoms with Crippen LogP contribution < -0.4 is 5.32 Å². The van der Waals surface area contributed by atoms with E-state index in [4.69, 9.17) is 4.74 Å². The zero-order valence-electron chi connectivity index (χ0n) is 9.75. The Balaban J connectivity index is 2.40. The van der Waals surface area contributed by atoms with Gasteiger partial charge in [0.1, 0.15) is 0 Å². The van der Waals surface area contributed by atoms with Gasteiger partial charge in [-0.05, 0) is 25.3 Å². The van der Waals surface area contributed by atoms with Crippen molar-refractivity contribution in [1.82, 2.24) is 15.3 Å². The van der Waals surface area contributed by atoms with Crippen LogP contribution in [0.3, 0.4) is 0 Å². The molecule has 0 atom stereocenters. The first-order valence-electron chi connectivity index (χ1n) is 5.50. The SMILES string of the molecule is CNCc1nc(SC)nc2c1CCOCC2. The topological polar surface area (TPSA) is 47.0 Å². The van der Waals surface area contributed by atoms with Crippen molar-refractivity contribution in [2.24, 2.45) is 0 Å². The van der Waals surface area contributed by atoms with Gasteiger partial charge in [-0.1, -0.05) is 11.8 Å². The molecule has 4 nitrogen and oxygen atoms in total. The Bertz CT molecular complexity index is 370. The maximum absolute atomic E-state index is 5.49. The summed E-state index contributed by atoms with van der Waals surface area (Å²) in [6, 6.07) is 0. The second-order valence-corrected chi connectivity index (χ2v) is 4.50. The van der Waals surface area contributed by atoms with E-state index < -0.39 is 0 Å². The third-order valence-electron chi connectivity index (χ3n) is 2.66. The zero-order valence-corrected chi connectivity index (χ0v) is 10.6. The van der Waals surface area contributed by atoms with Crippen molar-refractivity contribution >= 4 is 11.8 Å². The van der Waals surface area contributed by atoms with Crippen LogP contribution in [0.1, 0.15) is 17.0 Å². The van der Waals surface area contributed by atoms with Crippen molar-refractivity contribution in [3.05, 3.63) is 17.0 Å². The highest BCUT2D eigenvalue weighted by atomic mass is 32.2. The van der Waals surface area contributed by atoms with Crippen LogP contribution in [-0.4, -0.2) is 36.5 Å². The number of fused-ring (bicyclic) bond motifs is 1. The van der Waals surface area contributed by atoms with Gasteiger partial charge in [0.15, 0.2) is 5.16 Å². The first-order chi connectivity index (χ1) is 7.85. The van der Waals surface area contributed by atoms with Gasteiger partial charge >= 0.3 is 0 Å². The molecule has 16 heavy (non-hydrogen) atoms. The minimum Gasteiger partial charge on any atom is -0.381 e. The summed E-state index contributed by atoms with van der Waals surface area (Å²) in [5.41, 5.74) is 3.58. The van der Waals surface area contributed by atoms with E-state index in [1.54, 1.807) is 11.8 Å². The molecule has 2 heterocycles. The summed E-state index contributed by atoms with van der Waals surface area (Å²) in [4.78, 5) is 9.15. The minimum absolute atomic E-state index is 0.775. The average Bonchev–Trinajstić information content (AvgIpc) is 2.54. The monoisotopic (exact) mass is 239 g/mol. The lowest BCUT2D eigenvalue weighted by Gasteiger charge is -2.11. The van der Waals surface area contributed by atoms with Gasteiger partial charge in [-0.15, -0.1) is 0 Å². The fourth-order valence-electron chi connectivity index (χ4n) is 1.90. The van der Waals surface area contributed by atoms with Crippen LogP contribution in [0, 0.1) is 0 Å². The quantitative estimate of drug-likeness (QED) is 0.630. The predicted octanol–water partition coefficient (Wildman–Crippen LogP) is 1.03. The molecule has 1 aliphatic rings. The Morgan fingerprint density at radius 3 is 2.88 bits per heavy atom. The molecular formula is C11H17N3OS. The molecule has 1 aromatic heterocycles. The second kappa shape index (κ2) is 5.61. The number of nitrogens with one attached hydrogen (secondary N) is 1. The Labute approximate surface area is 100 Å². The minimum atomic E-state index is 0.775. The van der Waals surface area contributed by atoms with Crippen molar-refractivity contribution in [3.63, 3.8) is 0 Å². The van der Waals surface area contributed by atoms with Crippen LogP contribution >= 0.6 is 11.8 Å². The smallest absolute Gasteiger partial charge is 0.187 e. The van der Waals surface area contributed by atoms with E-state index in [1.165, 1.54) is 11.3 Å². The maximum atomic E-state index is 5.49. The second-order valence-electron chi connectivity index (χ2n) is 3.72. The first-order valence-corrected chi connectivity index (χ1v) is 6.72. The van der Waals surface area contributed by atoms with Crippen molar-refractivity contribution in [3.8, 4) is 0 Å². The van der Waals surface area contributed by atoms with Crippen LogP contribution in [0.5, 0.6) is 0 Å². The maximum Gasteiger partial charge on any atom is 0.187 e. The van der Waals surface area contributed by atoms with Crippen LogP contribution in [0.2, 0.25) is 0 Å². The largest absolute Gasteiger partial charge is 0.381 e. The van der Waals surface area contributed by atoms with Gasteiger partial charge in [0.05, 0.1) is 24.6 Å². The van der Waals surface area contributed by atoms with Crippen molar-refractivity contribution in [1.29, 1.82) is 0 Å². The molecule has 1 aliphatic heterocycles. The van der Waals surface area contributed by atoms with Crippen molar-refractivity contribution < 1.29 is 4.74 Å². The molecule has 88 valence electrons. The summed E-state index contributed by atoms with van der Waals surface area (Å²) in [6.45, 7) is 2.36. The number of thioether (sulfide) groups is 1. The fourth-order valence-corrected chi connectivity index (χ4v) is 2.31. The summed E-state index contributed by atoms with van der Waals surface area (Å²) in [7, 11) is 1.94. The average molecular weight is 239 g/mol. The summed E-state index contributed by atoms with van der Waals surface area (Å²) < 4.78 is 5.49. The molecule has 0 amide bonds. The molecule has 0 fully saturated rings. The van der Waals surface area contributed by atoms with Crippen molar-refractivity contribution in [2.75, 3.05) is 26.5 Å². The van der Waals surface area contributed by atoms with Crippen LogP contribution in [0.4, 0.5) is 0 Å². The molecular weight excluding hydrogens is 222 g/mol. The molecule has 0 saturated heterocycles. The highest BCUT2D eigenvalue weighted by Gasteiger charge is 2.16. The number of aromatic nitrogens is 2. The molecule has 5 heteroatoms. The summed E-state index contributed by atoms with van der Waals surface area (Å²) in [5.74, 6) is 0. The van der Waals surface area contributed by atoms with Crippen LogP contribution in [-0.2, 0) is 24.1 Å². The Morgan fingerprint density at radius 1 is 1.31 bits per heavy atom. The van der Waals surface area contributed by atoms with E-state index in [-0.39, 0.29) is 0 Å². The standard InChI is InChI=1S/C11H17N3OS/c1-12-7-10-8-3-5-15-6-4-9(8)13-11(14-10)16-2/h12H,3-7H2,1-2H3. The lowest BCUT2D eigenvalue weighted by atomic mass is 10.1. The summed E-state index contributed by atoms with van der Waals surface area (Å²) in [5, 5.41) is 4.03. The van der Waals surface area contributed by atoms with Gasteiger partial charge in [0.25, 0.3) is 0 Å². The van der Waals surface area contributed by atoms with Gasteiger partial charge in [-0.3, -0.25) is 0 Å². The van der Waals surface area contributed by atoms with Gasteiger partial charge in [0.2, 0.25) is 0 Å². The number of ether oxygens (including phenoxy) is 1. The molecule has 1 N–H and O–H groups in total. The third kappa shape index (κ3) is 2.53. The molecule has 2 rings (SSSR count). The number of hydrogen-bond acceptors (Lipinski definition) is 5. The number of hydrogen-bond donors (Lipinski definition) is 1. The van der Waals surface area contributed by atoms with E-state index in [9.17, 15) is 0 Å². The van der Waals surface area contributed by atoms with E-state index >= 15 is 0 Å². The first kappa shape index (κ1) is 11.8. The molecule has 0 spiro atoms. The fraction of sp³-hybridized carbons (Fsp3) is 0.636. The van der Waals surface area contributed by atoms with E-state index in [1.807, 2.05) is 13.3 Å². The van der Waals surface area contributed by atoms with Crippen LogP contribution in [0.15, 0.2) is 5.16 Å². The van der Waals surface area contributed by atoms with Gasteiger partial charge < -0.3 is 10.1 Å². The summed E-state index contributed by atoms with van der Waals surface area (Å²) in [6.07, 6.45) is 3.85. The molecule has 0 aliphatic carbocycles. The Hall–Kier alpha value is -0.650. The van der Waals surface area contributed by atoms with Crippen LogP contribution in [0.25, 0.3) is 0 Å². The molecule has 1 aromatic rings. The zero-order chi connectivity index (χ0) is 11.4. The van der Waals surface area contributed by atoms with Gasteiger partial charge in [0, 0.05) is 13.0 Å². The number of rotatable bonds is 3. The molecule has 0 unspecified atom stereocenters. The molecule has 0 saturated carbocycles. The number of nitrogens with zero attached hydrogens (tertiary/aromatic N) is 2. The predicted molar refractivity (Wildman–Crippen MR) is 64.8 cm³/mol. The van der Waals surface area contributed by atoms with E-state index in [0.29, 0.717) is 0 Å². The van der Waals surface area contributed by atoms with Gasteiger partial charge in [-0.25, -0.2) is 9.97 Å². The molecule has 0 aromatic carbocycles. The van der Waals surface area contributed by atoms with E-state index in [0.717, 1.165) is 43.5 Å². The lowest BCUT2D eigenvalue weighted by molar-refractivity contribution is 0.146. The Kier molecular flexibility index (Phi) is 4.15. The third-order valence-corrected chi connectivity index (χ3v) is 3.21. The molecule has 0 bridgehead atoms. The summed E-state index contributed by atoms with van der Waals surface area (Å²) >= 11 is 1.60. The highest BCUT2D eigenvalue weighted by molar-refractivity contribution is 7.98. The van der Waals surface area contributed by atoms with E-state index in [2.05, 4.69) is 15.3 Å². The Morgan fingerprint density at radius 2 is 2.12 bits per heavy atom. The highest BCUT2D eigenvalue weighted by Crippen LogP contribution is 2.20. The van der Waals surface area contributed by atoms with Crippen molar-refractivity contribution in [2.45, 2.75) is 24.5 Å². The normalized spacial score (nSPS) is 15.6. The lowest BCUT2D eigenvalue weighted by Crippen LogP contribution is -2.14. The molecule has 0 radical (unpaired) electrons. The van der Waals surface area contributed by atoms with Gasteiger partial charge in [-0.2, -0.15) is 0 Å².